The first-order valence-corrected chi connectivity index (χ1v) is 7.20. The second kappa shape index (κ2) is 5.63. The van der Waals surface area contributed by atoms with Gasteiger partial charge in [-0.05, 0) is 19.9 Å². The third-order valence-electron chi connectivity index (χ3n) is 2.85. The topological polar surface area (TPSA) is 55.0 Å². The van der Waals surface area contributed by atoms with Crippen LogP contribution in [0.1, 0.15) is 22.6 Å². The molecular weight excluding hydrogens is 276 g/mol. The predicted octanol–water partition coefficient (Wildman–Crippen LogP) is 2.43. The van der Waals surface area contributed by atoms with E-state index in [1.54, 1.807) is 11.3 Å². The van der Waals surface area contributed by atoms with Gasteiger partial charge in [0.25, 0.3) is 0 Å². The summed E-state index contributed by atoms with van der Waals surface area (Å²) in [5.74, 6) is 0. The number of thiazole rings is 1. The van der Waals surface area contributed by atoms with Crippen molar-refractivity contribution < 1.29 is 0 Å². The summed E-state index contributed by atoms with van der Waals surface area (Å²) in [5.41, 5.74) is 12.4. The molecule has 0 aliphatic carbocycles. The Balaban J connectivity index is 2.40. The molecule has 2 aromatic rings. The number of anilines is 1. The van der Waals surface area contributed by atoms with Crippen LogP contribution in [0.5, 0.6) is 0 Å². The van der Waals surface area contributed by atoms with Gasteiger partial charge in [0, 0.05) is 23.8 Å². The van der Waals surface area contributed by atoms with E-state index < -0.39 is 0 Å². The Hall–Kier alpha value is -1.53. The van der Waals surface area contributed by atoms with Gasteiger partial charge < -0.3 is 10.6 Å². The van der Waals surface area contributed by atoms with Crippen molar-refractivity contribution in [2.75, 3.05) is 11.9 Å². The van der Waals surface area contributed by atoms with E-state index in [4.69, 9.17) is 18.0 Å². The Kier molecular flexibility index (Phi) is 4.11. The molecule has 2 N–H and O–H groups in total. The molecular formula is C13H16N4S2. The zero-order valence-corrected chi connectivity index (χ0v) is 12.8. The molecule has 0 bridgehead atoms. The molecule has 2 rings (SSSR count). The van der Waals surface area contributed by atoms with Crippen LogP contribution in [0.4, 0.5) is 5.69 Å². The molecule has 0 spiro atoms. The molecule has 0 saturated heterocycles. The van der Waals surface area contributed by atoms with Gasteiger partial charge in [0.05, 0.1) is 29.0 Å². The highest BCUT2D eigenvalue weighted by molar-refractivity contribution is 7.80. The fourth-order valence-electron chi connectivity index (χ4n) is 2.06. The zero-order chi connectivity index (χ0) is 14.0. The lowest BCUT2D eigenvalue weighted by Crippen LogP contribution is -2.23. The Morgan fingerprint density at radius 2 is 2.21 bits per heavy atom. The minimum atomic E-state index is 0.380. The Labute approximate surface area is 122 Å². The lowest BCUT2D eigenvalue weighted by molar-refractivity contribution is 0.887. The summed E-state index contributed by atoms with van der Waals surface area (Å²) in [6, 6.07) is 2.01. The lowest BCUT2D eigenvalue weighted by Gasteiger charge is -2.22. The van der Waals surface area contributed by atoms with E-state index in [1.807, 2.05) is 37.9 Å². The molecule has 0 unspecified atom stereocenters. The zero-order valence-electron chi connectivity index (χ0n) is 11.2. The number of aromatic nitrogens is 2. The molecule has 0 aliphatic rings. The maximum Gasteiger partial charge on any atom is 0.107 e. The molecule has 2 heterocycles. The number of hydrogen-bond donors (Lipinski definition) is 1. The molecule has 6 heteroatoms. The molecule has 0 atom stereocenters. The van der Waals surface area contributed by atoms with E-state index >= 15 is 0 Å². The molecule has 19 heavy (non-hydrogen) atoms. The van der Waals surface area contributed by atoms with Crippen molar-refractivity contribution in [2.45, 2.75) is 20.4 Å². The second-order valence-electron chi connectivity index (χ2n) is 4.44. The summed E-state index contributed by atoms with van der Waals surface area (Å²) < 4.78 is 0. The standard InChI is InChI=1S/C13H16N4S2/c1-8-4-11(12(13(14)18)9(2)16-8)17(3)5-10-6-19-7-15-10/h4,6-7H,5H2,1-3H3,(H2,14,18). The van der Waals surface area contributed by atoms with E-state index in [2.05, 4.69) is 14.9 Å². The smallest absolute Gasteiger partial charge is 0.107 e. The predicted molar refractivity (Wildman–Crippen MR) is 83.8 cm³/mol. The first kappa shape index (κ1) is 13.9. The van der Waals surface area contributed by atoms with E-state index in [0.29, 0.717) is 4.99 Å². The average Bonchev–Trinajstić information content (AvgIpc) is 2.79. The van der Waals surface area contributed by atoms with Crippen molar-refractivity contribution in [3.63, 3.8) is 0 Å². The third kappa shape index (κ3) is 3.08. The maximum absolute atomic E-state index is 5.83. The van der Waals surface area contributed by atoms with Crippen molar-refractivity contribution in [1.82, 2.24) is 9.97 Å². The van der Waals surface area contributed by atoms with Crippen LogP contribution in [0.2, 0.25) is 0 Å². The minimum absolute atomic E-state index is 0.380. The second-order valence-corrected chi connectivity index (χ2v) is 5.60. The van der Waals surface area contributed by atoms with E-state index in [1.165, 1.54) is 0 Å². The Bertz CT molecular complexity index is 593. The van der Waals surface area contributed by atoms with Crippen molar-refractivity contribution in [3.8, 4) is 0 Å². The first-order chi connectivity index (χ1) is 8.99. The van der Waals surface area contributed by atoms with Crippen LogP contribution in [0.25, 0.3) is 0 Å². The summed E-state index contributed by atoms with van der Waals surface area (Å²) in [6.45, 7) is 4.63. The van der Waals surface area contributed by atoms with Crippen LogP contribution in [0.3, 0.4) is 0 Å². The van der Waals surface area contributed by atoms with Gasteiger partial charge in [0.15, 0.2) is 0 Å². The molecule has 0 radical (unpaired) electrons. The fourth-order valence-corrected chi connectivity index (χ4v) is 2.86. The highest BCUT2D eigenvalue weighted by Gasteiger charge is 2.15. The summed E-state index contributed by atoms with van der Waals surface area (Å²) in [4.78, 5) is 11.2. The van der Waals surface area contributed by atoms with Crippen LogP contribution in [0, 0.1) is 13.8 Å². The van der Waals surface area contributed by atoms with Crippen LogP contribution in [0.15, 0.2) is 17.0 Å². The van der Waals surface area contributed by atoms with Crippen LogP contribution in [-0.4, -0.2) is 22.0 Å². The SMILES string of the molecule is Cc1cc(N(C)Cc2cscn2)c(C(N)=S)c(C)n1. The van der Waals surface area contributed by atoms with Crippen molar-refractivity contribution >= 4 is 34.2 Å². The summed E-state index contributed by atoms with van der Waals surface area (Å²) in [6.07, 6.45) is 0. The molecule has 0 saturated carbocycles. The van der Waals surface area contributed by atoms with Gasteiger partial charge in [-0.1, -0.05) is 12.2 Å². The number of thiocarbonyl (C=S) groups is 1. The lowest BCUT2D eigenvalue weighted by atomic mass is 10.1. The van der Waals surface area contributed by atoms with Crippen LogP contribution in [-0.2, 0) is 6.54 Å². The highest BCUT2D eigenvalue weighted by atomic mass is 32.1. The van der Waals surface area contributed by atoms with Crippen molar-refractivity contribution in [2.24, 2.45) is 5.73 Å². The van der Waals surface area contributed by atoms with Crippen molar-refractivity contribution in [1.29, 1.82) is 0 Å². The number of pyridine rings is 1. The first-order valence-electron chi connectivity index (χ1n) is 5.85. The molecule has 0 amide bonds. The number of rotatable bonds is 4. The Morgan fingerprint density at radius 1 is 1.47 bits per heavy atom. The fraction of sp³-hybridized carbons (Fsp3) is 0.308. The highest BCUT2D eigenvalue weighted by Crippen LogP contribution is 2.24. The van der Waals surface area contributed by atoms with E-state index in [9.17, 15) is 0 Å². The Morgan fingerprint density at radius 3 is 2.79 bits per heavy atom. The molecule has 0 fully saturated rings. The van der Waals surface area contributed by atoms with Crippen LogP contribution < -0.4 is 10.6 Å². The molecule has 0 aliphatic heterocycles. The number of nitrogens with two attached hydrogens (primary N) is 1. The number of hydrogen-bond acceptors (Lipinski definition) is 5. The van der Waals surface area contributed by atoms with E-state index in [0.717, 1.165) is 34.9 Å². The van der Waals surface area contributed by atoms with Gasteiger partial charge in [-0.25, -0.2) is 4.98 Å². The van der Waals surface area contributed by atoms with Gasteiger partial charge >= 0.3 is 0 Å². The summed E-state index contributed by atoms with van der Waals surface area (Å²) in [7, 11) is 2.01. The van der Waals surface area contributed by atoms with Crippen LogP contribution >= 0.6 is 23.6 Å². The largest absolute Gasteiger partial charge is 0.389 e. The van der Waals surface area contributed by atoms with E-state index in [-0.39, 0.29) is 0 Å². The normalized spacial score (nSPS) is 10.5. The number of nitrogens with zero attached hydrogens (tertiary/aromatic N) is 3. The van der Waals surface area contributed by atoms with Gasteiger partial charge in [-0.3, -0.25) is 4.98 Å². The van der Waals surface area contributed by atoms with Gasteiger partial charge in [0.1, 0.15) is 4.99 Å². The quantitative estimate of drug-likeness (QED) is 0.877. The maximum atomic E-state index is 5.83. The monoisotopic (exact) mass is 292 g/mol. The molecule has 0 aromatic carbocycles. The van der Waals surface area contributed by atoms with Gasteiger partial charge in [0.2, 0.25) is 0 Å². The van der Waals surface area contributed by atoms with Gasteiger partial charge in [-0.2, -0.15) is 0 Å². The number of aryl methyl sites for hydroxylation is 2. The third-order valence-corrected chi connectivity index (χ3v) is 3.69. The molecule has 4 nitrogen and oxygen atoms in total. The molecule has 2 aromatic heterocycles. The average molecular weight is 292 g/mol. The summed E-state index contributed by atoms with van der Waals surface area (Å²) >= 11 is 6.74. The van der Waals surface area contributed by atoms with Gasteiger partial charge in [-0.15, -0.1) is 11.3 Å². The minimum Gasteiger partial charge on any atom is -0.389 e. The summed E-state index contributed by atoms with van der Waals surface area (Å²) in [5, 5.41) is 2.04. The van der Waals surface area contributed by atoms with Crippen molar-refractivity contribution in [3.05, 3.63) is 39.6 Å². The molecule has 100 valence electrons.